The lowest BCUT2D eigenvalue weighted by atomic mass is 10.3. The number of aromatic nitrogens is 2. The Morgan fingerprint density at radius 2 is 2.21 bits per heavy atom. The van der Waals surface area contributed by atoms with Gasteiger partial charge in [-0.2, -0.15) is 5.10 Å². The van der Waals surface area contributed by atoms with Crippen LogP contribution in [-0.4, -0.2) is 44.9 Å². The van der Waals surface area contributed by atoms with Crippen molar-refractivity contribution in [2.24, 2.45) is 0 Å². The van der Waals surface area contributed by atoms with Crippen LogP contribution in [0.5, 0.6) is 0 Å². The molecule has 0 saturated heterocycles. The first-order chi connectivity index (χ1) is 8.97. The van der Waals surface area contributed by atoms with Crippen LogP contribution in [0.25, 0.3) is 0 Å². The lowest BCUT2D eigenvalue weighted by Gasteiger charge is -2.09. The molecule has 0 fully saturated rings. The minimum Gasteiger partial charge on any atom is -0.385 e. The Balaban J connectivity index is 2.64. The van der Waals surface area contributed by atoms with Crippen LogP contribution >= 0.6 is 0 Å². The summed E-state index contributed by atoms with van der Waals surface area (Å²) in [5, 5.41) is 9.63. The fourth-order valence-corrected chi connectivity index (χ4v) is 2.67. The number of hydrogen-bond donors (Lipinski definition) is 3. The van der Waals surface area contributed by atoms with Crippen LogP contribution in [0.4, 0.5) is 0 Å². The highest BCUT2D eigenvalue weighted by atomic mass is 32.2. The molecule has 0 spiro atoms. The van der Waals surface area contributed by atoms with Gasteiger partial charge in [0.2, 0.25) is 0 Å². The number of hydrogen-bond acceptors (Lipinski definition) is 5. The monoisotopic (exact) mass is 290 g/mol. The van der Waals surface area contributed by atoms with E-state index in [-0.39, 0.29) is 11.1 Å². The van der Waals surface area contributed by atoms with Crippen LogP contribution in [0, 0.1) is 0 Å². The van der Waals surface area contributed by atoms with Gasteiger partial charge >= 0.3 is 0 Å². The second kappa shape index (κ2) is 7.59. The Morgan fingerprint density at radius 1 is 1.47 bits per heavy atom. The quantitative estimate of drug-likeness (QED) is 0.566. The Labute approximate surface area is 114 Å². The lowest BCUT2D eigenvalue weighted by molar-refractivity contribution is 0.196. The minimum absolute atomic E-state index is 0.123. The van der Waals surface area contributed by atoms with Gasteiger partial charge < -0.3 is 10.1 Å². The lowest BCUT2D eigenvalue weighted by Crippen LogP contribution is -2.28. The van der Waals surface area contributed by atoms with Gasteiger partial charge in [0.15, 0.2) is 5.03 Å². The Bertz CT molecular complexity index is 470. The summed E-state index contributed by atoms with van der Waals surface area (Å²) in [7, 11) is -1.96. The third-order valence-electron chi connectivity index (χ3n) is 2.46. The highest BCUT2D eigenvalue weighted by Gasteiger charge is 2.20. The second-order valence-electron chi connectivity index (χ2n) is 4.50. The first kappa shape index (κ1) is 16.1. The molecule has 0 unspecified atom stereocenters. The molecule has 19 heavy (non-hydrogen) atoms. The second-order valence-corrected chi connectivity index (χ2v) is 6.21. The van der Waals surface area contributed by atoms with Crippen LogP contribution in [-0.2, 0) is 21.3 Å². The molecule has 0 atom stereocenters. The number of methoxy groups -OCH3 is 1. The predicted molar refractivity (Wildman–Crippen MR) is 72.2 cm³/mol. The summed E-state index contributed by atoms with van der Waals surface area (Å²) in [5.74, 6) is 0. The van der Waals surface area contributed by atoms with E-state index in [2.05, 4.69) is 20.2 Å². The molecule has 8 heteroatoms. The van der Waals surface area contributed by atoms with Gasteiger partial charge in [0.1, 0.15) is 0 Å². The Kier molecular flexibility index (Phi) is 6.43. The number of H-pyrrole nitrogens is 1. The smallest absolute Gasteiger partial charge is 0.257 e. The number of nitrogens with zero attached hydrogens (tertiary/aromatic N) is 1. The maximum atomic E-state index is 12.1. The van der Waals surface area contributed by atoms with E-state index in [1.54, 1.807) is 7.11 Å². The average Bonchev–Trinajstić information content (AvgIpc) is 2.81. The normalized spacial score (nSPS) is 12.2. The van der Waals surface area contributed by atoms with E-state index in [0.717, 1.165) is 0 Å². The van der Waals surface area contributed by atoms with Crippen molar-refractivity contribution in [3.05, 3.63) is 11.8 Å². The van der Waals surface area contributed by atoms with E-state index in [1.165, 1.54) is 6.20 Å². The number of rotatable bonds is 9. The molecule has 0 saturated carbocycles. The summed E-state index contributed by atoms with van der Waals surface area (Å²) in [5.41, 5.74) is 0.632. The van der Waals surface area contributed by atoms with Gasteiger partial charge in [-0.05, 0) is 6.42 Å². The molecular weight excluding hydrogens is 268 g/mol. The van der Waals surface area contributed by atoms with Crippen molar-refractivity contribution in [2.75, 3.05) is 20.3 Å². The largest absolute Gasteiger partial charge is 0.385 e. The number of sulfonamides is 1. The van der Waals surface area contributed by atoms with Crippen molar-refractivity contribution in [1.29, 1.82) is 0 Å². The van der Waals surface area contributed by atoms with Crippen LogP contribution in [0.15, 0.2) is 11.2 Å². The summed E-state index contributed by atoms with van der Waals surface area (Å²) >= 11 is 0. The molecule has 110 valence electrons. The Morgan fingerprint density at radius 3 is 2.84 bits per heavy atom. The van der Waals surface area contributed by atoms with Crippen molar-refractivity contribution in [3.63, 3.8) is 0 Å². The van der Waals surface area contributed by atoms with Gasteiger partial charge in [0, 0.05) is 38.4 Å². The minimum atomic E-state index is -3.54. The number of ether oxygens (including phenoxy) is 1. The van der Waals surface area contributed by atoms with Crippen molar-refractivity contribution in [1.82, 2.24) is 20.2 Å². The van der Waals surface area contributed by atoms with Crippen LogP contribution in [0.2, 0.25) is 0 Å². The molecular formula is C11H22N4O3S. The molecule has 0 amide bonds. The van der Waals surface area contributed by atoms with Gasteiger partial charge in [-0.25, -0.2) is 13.1 Å². The van der Waals surface area contributed by atoms with Gasteiger partial charge in [0.25, 0.3) is 10.0 Å². The van der Waals surface area contributed by atoms with Crippen molar-refractivity contribution in [2.45, 2.75) is 37.9 Å². The summed E-state index contributed by atoms with van der Waals surface area (Å²) in [4.78, 5) is 0. The zero-order chi connectivity index (χ0) is 14.3. The highest BCUT2D eigenvalue weighted by Crippen LogP contribution is 2.11. The molecule has 1 rings (SSSR count). The summed E-state index contributed by atoms with van der Waals surface area (Å²) in [6.07, 6.45) is 2.16. The van der Waals surface area contributed by atoms with Gasteiger partial charge in [-0.1, -0.05) is 13.8 Å². The zero-order valence-corrected chi connectivity index (χ0v) is 12.4. The van der Waals surface area contributed by atoms with E-state index in [9.17, 15) is 8.42 Å². The van der Waals surface area contributed by atoms with Crippen molar-refractivity contribution >= 4 is 10.0 Å². The van der Waals surface area contributed by atoms with Gasteiger partial charge in [-0.15, -0.1) is 0 Å². The molecule has 0 aliphatic carbocycles. The van der Waals surface area contributed by atoms with Crippen LogP contribution < -0.4 is 10.0 Å². The van der Waals surface area contributed by atoms with E-state index < -0.39 is 10.0 Å². The predicted octanol–water partition coefficient (Wildman–Crippen LogP) is 0.223. The standard InChI is InChI=1S/C11H22N4O3S/c1-9(2)12-7-10-8-13-15-11(10)19(16,17)14-5-4-6-18-3/h8-9,12,14H,4-7H2,1-3H3,(H,13,15). The van der Waals surface area contributed by atoms with E-state index >= 15 is 0 Å². The van der Waals surface area contributed by atoms with Crippen LogP contribution in [0.3, 0.4) is 0 Å². The number of nitrogens with one attached hydrogen (secondary N) is 3. The first-order valence-corrected chi connectivity index (χ1v) is 7.70. The SMILES string of the molecule is COCCCNS(=O)(=O)c1[nH]ncc1CNC(C)C. The molecule has 0 aliphatic rings. The molecule has 1 aromatic heterocycles. The summed E-state index contributed by atoms with van der Waals surface area (Å²) < 4.78 is 31.5. The highest BCUT2D eigenvalue weighted by molar-refractivity contribution is 7.89. The summed E-state index contributed by atoms with van der Waals surface area (Å²) in [6.45, 7) is 5.32. The molecule has 3 N–H and O–H groups in total. The third-order valence-corrected chi connectivity index (χ3v) is 3.94. The maximum absolute atomic E-state index is 12.1. The summed E-state index contributed by atoms with van der Waals surface area (Å²) in [6, 6.07) is 0.278. The van der Waals surface area contributed by atoms with Crippen molar-refractivity contribution in [3.8, 4) is 0 Å². The molecule has 0 bridgehead atoms. The van der Waals surface area contributed by atoms with E-state index in [1.807, 2.05) is 13.8 Å². The van der Waals surface area contributed by atoms with Gasteiger partial charge in [0.05, 0.1) is 6.20 Å². The fourth-order valence-electron chi connectivity index (χ4n) is 1.47. The Hall–Kier alpha value is -0.960. The molecule has 1 aromatic rings. The molecule has 1 heterocycles. The maximum Gasteiger partial charge on any atom is 0.257 e. The molecule has 0 aromatic carbocycles. The van der Waals surface area contributed by atoms with E-state index in [4.69, 9.17) is 4.74 Å². The topological polar surface area (TPSA) is 96.1 Å². The zero-order valence-electron chi connectivity index (χ0n) is 11.6. The number of aromatic amines is 1. The van der Waals surface area contributed by atoms with Crippen molar-refractivity contribution < 1.29 is 13.2 Å². The molecule has 0 aliphatic heterocycles. The van der Waals surface area contributed by atoms with E-state index in [0.29, 0.717) is 31.7 Å². The van der Waals surface area contributed by atoms with Crippen LogP contribution in [0.1, 0.15) is 25.8 Å². The molecule has 7 nitrogen and oxygen atoms in total. The fraction of sp³-hybridized carbons (Fsp3) is 0.727. The third kappa shape index (κ3) is 5.27. The first-order valence-electron chi connectivity index (χ1n) is 6.21. The molecule has 0 radical (unpaired) electrons. The van der Waals surface area contributed by atoms with Gasteiger partial charge in [-0.3, -0.25) is 5.10 Å². The average molecular weight is 290 g/mol.